The molecule has 0 fully saturated rings. The second kappa shape index (κ2) is 5.68. The van der Waals surface area contributed by atoms with Gasteiger partial charge in [-0.05, 0) is 12.1 Å². The van der Waals surface area contributed by atoms with E-state index in [4.69, 9.17) is 0 Å². The fourth-order valence-corrected chi connectivity index (χ4v) is 1.46. The molecule has 0 bridgehead atoms. The fraction of sp³-hybridized carbons (Fsp3) is 0.538. The van der Waals surface area contributed by atoms with Crippen molar-refractivity contribution >= 4 is 11.7 Å². The van der Waals surface area contributed by atoms with Crippen LogP contribution in [0.3, 0.4) is 0 Å². The predicted molar refractivity (Wildman–Crippen MR) is 70.9 cm³/mol. The third kappa shape index (κ3) is 4.71. The first-order valence-corrected chi connectivity index (χ1v) is 6.08. The smallest absolute Gasteiger partial charge is 0.373 e. The van der Waals surface area contributed by atoms with Gasteiger partial charge in [0.1, 0.15) is 12.4 Å². The number of hydrogen-bond donors (Lipinski definition) is 2. The fourth-order valence-electron chi connectivity index (χ4n) is 1.46. The average Bonchev–Trinajstić information content (AvgIpc) is 2.33. The summed E-state index contributed by atoms with van der Waals surface area (Å²) in [6, 6.07) is 2.92. The number of alkyl halides is 3. The lowest BCUT2D eigenvalue weighted by molar-refractivity contribution is -0.123. The number of nitrogens with zero attached hydrogens (tertiary/aromatic N) is 1. The number of hydrogen-bond acceptors (Lipinski definition) is 3. The second-order valence-corrected chi connectivity index (χ2v) is 5.42. The van der Waals surface area contributed by atoms with Crippen LogP contribution in [0.15, 0.2) is 12.1 Å². The lowest BCUT2D eigenvalue weighted by Crippen LogP contribution is -2.34. The molecule has 0 saturated heterocycles. The molecule has 0 aliphatic carbocycles. The third-order valence-electron chi connectivity index (χ3n) is 2.56. The van der Waals surface area contributed by atoms with Crippen molar-refractivity contribution in [1.82, 2.24) is 10.3 Å². The van der Waals surface area contributed by atoms with E-state index in [2.05, 4.69) is 10.3 Å². The van der Waals surface area contributed by atoms with Crippen molar-refractivity contribution in [2.24, 2.45) is 0 Å². The highest BCUT2D eigenvalue weighted by Crippen LogP contribution is 2.23. The molecule has 4 nitrogen and oxygen atoms in total. The highest BCUT2D eigenvalue weighted by molar-refractivity contribution is 5.95. The summed E-state index contributed by atoms with van der Waals surface area (Å²) in [7, 11) is 1.63. The molecule has 20 heavy (non-hydrogen) atoms. The summed E-state index contributed by atoms with van der Waals surface area (Å²) in [5, 5.41) is 4.64. The van der Waals surface area contributed by atoms with Crippen LogP contribution in [0.5, 0.6) is 0 Å². The normalized spacial score (nSPS) is 12.2. The molecule has 2 N–H and O–H groups in total. The minimum Gasteiger partial charge on any atom is -0.373 e. The molecule has 1 amide bonds. The van der Waals surface area contributed by atoms with Gasteiger partial charge in [0, 0.05) is 23.7 Å². The summed E-state index contributed by atoms with van der Waals surface area (Å²) in [6.07, 6.45) is -4.43. The van der Waals surface area contributed by atoms with Crippen molar-refractivity contribution < 1.29 is 18.0 Å². The Morgan fingerprint density at radius 1 is 1.25 bits per heavy atom. The van der Waals surface area contributed by atoms with Crippen LogP contribution in [0.25, 0.3) is 0 Å². The number of amides is 1. The first kappa shape index (κ1) is 16.3. The van der Waals surface area contributed by atoms with Gasteiger partial charge in [0.2, 0.25) is 0 Å². The summed E-state index contributed by atoms with van der Waals surface area (Å²) in [6.45, 7) is 4.37. The molecule has 0 saturated carbocycles. The van der Waals surface area contributed by atoms with E-state index in [9.17, 15) is 18.0 Å². The molecule has 1 rings (SSSR count). The lowest BCUT2D eigenvalue weighted by atomic mass is 9.90. The third-order valence-corrected chi connectivity index (χ3v) is 2.56. The van der Waals surface area contributed by atoms with E-state index in [1.165, 1.54) is 12.1 Å². The number of rotatable bonds is 3. The lowest BCUT2D eigenvalue weighted by Gasteiger charge is -2.19. The first-order valence-electron chi connectivity index (χ1n) is 6.08. The summed E-state index contributed by atoms with van der Waals surface area (Å²) < 4.78 is 36.3. The zero-order valence-electron chi connectivity index (χ0n) is 11.9. The standard InChI is InChI=1S/C13H18F3N3O/c1-12(2,3)9-5-8(6-10(17-4)19-9)11(20)18-7-13(14,15)16/h5-6H,7H2,1-4H3,(H,17,19)(H,18,20). The van der Waals surface area contributed by atoms with Gasteiger partial charge in [0.25, 0.3) is 5.91 Å². The van der Waals surface area contributed by atoms with E-state index in [1.54, 1.807) is 7.05 Å². The molecule has 0 unspecified atom stereocenters. The van der Waals surface area contributed by atoms with Crippen LogP contribution in [0.1, 0.15) is 36.8 Å². The maximum atomic E-state index is 12.1. The zero-order valence-corrected chi connectivity index (χ0v) is 11.9. The minimum atomic E-state index is -4.43. The van der Waals surface area contributed by atoms with Gasteiger partial charge in [-0.3, -0.25) is 4.79 Å². The first-order chi connectivity index (χ1) is 9.03. The van der Waals surface area contributed by atoms with E-state index in [-0.39, 0.29) is 11.0 Å². The highest BCUT2D eigenvalue weighted by Gasteiger charge is 2.28. The van der Waals surface area contributed by atoms with Gasteiger partial charge < -0.3 is 10.6 Å². The van der Waals surface area contributed by atoms with Crippen LogP contribution in [-0.2, 0) is 5.41 Å². The Labute approximate surface area is 115 Å². The van der Waals surface area contributed by atoms with E-state index in [0.29, 0.717) is 11.5 Å². The minimum absolute atomic E-state index is 0.151. The van der Waals surface area contributed by atoms with Crippen LogP contribution in [0.2, 0.25) is 0 Å². The Kier molecular flexibility index (Phi) is 4.62. The Bertz CT molecular complexity index is 493. The molecule has 0 spiro atoms. The molecule has 0 aliphatic heterocycles. The SMILES string of the molecule is CNc1cc(C(=O)NCC(F)(F)F)cc(C(C)(C)C)n1. The van der Waals surface area contributed by atoms with Crippen molar-refractivity contribution in [2.45, 2.75) is 32.4 Å². The van der Waals surface area contributed by atoms with Gasteiger partial charge in [0.05, 0.1) is 0 Å². The molecule has 1 aromatic rings. The van der Waals surface area contributed by atoms with E-state index in [1.807, 2.05) is 26.1 Å². The van der Waals surface area contributed by atoms with E-state index in [0.717, 1.165) is 0 Å². The van der Waals surface area contributed by atoms with Crippen LogP contribution in [-0.4, -0.2) is 30.7 Å². The van der Waals surface area contributed by atoms with Crippen LogP contribution in [0.4, 0.5) is 19.0 Å². The number of halogens is 3. The molecule has 0 radical (unpaired) electrons. The van der Waals surface area contributed by atoms with Crippen molar-refractivity contribution in [1.29, 1.82) is 0 Å². The van der Waals surface area contributed by atoms with Gasteiger partial charge in [-0.1, -0.05) is 20.8 Å². The number of carbonyl (C=O) groups is 1. The molecular formula is C13H18F3N3O. The van der Waals surface area contributed by atoms with Gasteiger partial charge >= 0.3 is 6.18 Å². The summed E-state index contributed by atoms with van der Waals surface area (Å²) in [5.41, 5.74) is 0.464. The second-order valence-electron chi connectivity index (χ2n) is 5.42. The van der Waals surface area contributed by atoms with Gasteiger partial charge in [-0.2, -0.15) is 13.2 Å². The Hall–Kier alpha value is -1.79. The molecule has 112 valence electrons. The average molecular weight is 289 g/mol. The maximum Gasteiger partial charge on any atom is 0.405 e. The number of pyridine rings is 1. The summed E-state index contributed by atoms with van der Waals surface area (Å²) in [4.78, 5) is 16.1. The molecule has 1 heterocycles. The van der Waals surface area contributed by atoms with Crippen molar-refractivity contribution in [3.8, 4) is 0 Å². The molecule has 0 aromatic carbocycles. The Balaban J connectivity index is 3.02. The van der Waals surface area contributed by atoms with Gasteiger partial charge in [0.15, 0.2) is 0 Å². The van der Waals surface area contributed by atoms with E-state index < -0.39 is 18.6 Å². The molecule has 1 aromatic heterocycles. The Morgan fingerprint density at radius 3 is 2.30 bits per heavy atom. The van der Waals surface area contributed by atoms with Crippen molar-refractivity contribution in [2.75, 3.05) is 18.9 Å². The van der Waals surface area contributed by atoms with Crippen molar-refractivity contribution in [3.05, 3.63) is 23.4 Å². The number of carbonyl (C=O) groups excluding carboxylic acids is 1. The number of anilines is 1. The molecule has 7 heteroatoms. The number of aromatic nitrogens is 1. The Morgan fingerprint density at radius 2 is 1.85 bits per heavy atom. The van der Waals surface area contributed by atoms with Gasteiger partial charge in [-0.15, -0.1) is 0 Å². The predicted octanol–water partition coefficient (Wildman–Crippen LogP) is 2.71. The topological polar surface area (TPSA) is 54.0 Å². The van der Waals surface area contributed by atoms with Crippen molar-refractivity contribution in [3.63, 3.8) is 0 Å². The molecule has 0 aliphatic rings. The van der Waals surface area contributed by atoms with Gasteiger partial charge in [-0.25, -0.2) is 4.98 Å². The quantitative estimate of drug-likeness (QED) is 0.899. The van der Waals surface area contributed by atoms with Crippen LogP contribution in [0, 0.1) is 0 Å². The molecule has 0 atom stereocenters. The summed E-state index contributed by atoms with van der Waals surface area (Å²) in [5.74, 6) is -0.332. The largest absolute Gasteiger partial charge is 0.405 e. The van der Waals surface area contributed by atoms with E-state index >= 15 is 0 Å². The molecular weight excluding hydrogens is 271 g/mol. The van der Waals surface area contributed by atoms with Crippen LogP contribution >= 0.6 is 0 Å². The summed E-state index contributed by atoms with van der Waals surface area (Å²) >= 11 is 0. The zero-order chi connectivity index (χ0) is 15.6. The highest BCUT2D eigenvalue weighted by atomic mass is 19.4. The van der Waals surface area contributed by atoms with Crippen LogP contribution < -0.4 is 10.6 Å². The monoisotopic (exact) mass is 289 g/mol. The number of nitrogens with one attached hydrogen (secondary N) is 2. The maximum absolute atomic E-state index is 12.1.